The van der Waals surface area contributed by atoms with Gasteiger partial charge in [-0.25, -0.2) is 13.2 Å². The van der Waals surface area contributed by atoms with Crippen molar-refractivity contribution in [3.05, 3.63) is 87.9 Å². The summed E-state index contributed by atoms with van der Waals surface area (Å²) in [6.07, 6.45) is -8.07. The first-order valence-corrected chi connectivity index (χ1v) is 17.1. The number of anilines is 2. The van der Waals surface area contributed by atoms with E-state index in [1.807, 2.05) is 4.90 Å². The van der Waals surface area contributed by atoms with E-state index in [2.05, 4.69) is 9.47 Å². The Kier molecular flexibility index (Phi) is 11.1. The Hall–Kier alpha value is -4.48. The number of sulfonamides is 1. The van der Waals surface area contributed by atoms with E-state index >= 15 is 0 Å². The molecule has 2 aliphatic rings. The van der Waals surface area contributed by atoms with E-state index in [9.17, 15) is 44.3 Å². The number of alkyl halides is 6. The molecule has 0 radical (unpaired) electrons. The van der Waals surface area contributed by atoms with Gasteiger partial charge in [-0.05, 0) is 55.0 Å². The molecule has 10 nitrogen and oxygen atoms in total. The highest BCUT2D eigenvalue weighted by Gasteiger charge is 2.41. The van der Waals surface area contributed by atoms with Gasteiger partial charge >= 0.3 is 24.5 Å². The summed E-state index contributed by atoms with van der Waals surface area (Å²) in [6, 6.07) is 10.6. The SMILES string of the molecule is CCOC(=O)OCOC(=O)CN1CCN2c3ccc(/C=C/c4c(Cl)cccc4C(F)(F)F)cc3N(S(=O)(=O)c3cccc(C(F)(F)F)c3)C[C@@H]2C1. The predicted octanol–water partition coefficient (Wildman–Crippen LogP) is 6.92. The van der Waals surface area contributed by atoms with Gasteiger partial charge in [0.2, 0.25) is 6.79 Å². The van der Waals surface area contributed by atoms with Gasteiger partial charge in [-0.3, -0.25) is 14.0 Å². The molecule has 1 fully saturated rings. The molecule has 274 valence electrons. The van der Waals surface area contributed by atoms with Crippen LogP contribution in [0.3, 0.4) is 0 Å². The Bertz CT molecular complexity index is 1920. The minimum Gasteiger partial charge on any atom is -0.435 e. The molecule has 2 heterocycles. The quantitative estimate of drug-likeness (QED) is 0.0995. The van der Waals surface area contributed by atoms with Crippen LogP contribution in [0.2, 0.25) is 5.02 Å². The molecular formula is C33H30ClF6N3O7S. The zero-order valence-corrected chi connectivity index (χ0v) is 28.3. The maximum atomic E-state index is 14.1. The second kappa shape index (κ2) is 15.0. The number of hydrogen-bond acceptors (Lipinski definition) is 9. The van der Waals surface area contributed by atoms with Gasteiger partial charge in [0.15, 0.2) is 0 Å². The molecular weight excluding hydrogens is 732 g/mol. The first-order valence-electron chi connectivity index (χ1n) is 15.3. The zero-order chi connectivity index (χ0) is 37.1. The summed E-state index contributed by atoms with van der Waals surface area (Å²) in [5.41, 5.74) is -1.68. The topological polar surface area (TPSA) is 106 Å². The Morgan fingerprint density at radius 3 is 2.33 bits per heavy atom. The summed E-state index contributed by atoms with van der Waals surface area (Å²) in [7, 11) is -4.65. The van der Waals surface area contributed by atoms with Gasteiger partial charge in [-0.2, -0.15) is 26.3 Å². The minimum absolute atomic E-state index is 0.0610. The molecule has 51 heavy (non-hydrogen) atoms. The van der Waals surface area contributed by atoms with Crippen molar-refractivity contribution in [2.75, 3.05) is 55.3 Å². The predicted molar refractivity (Wildman–Crippen MR) is 174 cm³/mol. The van der Waals surface area contributed by atoms with E-state index in [1.165, 1.54) is 18.2 Å². The van der Waals surface area contributed by atoms with Crippen LogP contribution in [-0.2, 0) is 41.4 Å². The smallest absolute Gasteiger partial charge is 0.435 e. The Balaban J connectivity index is 1.47. The van der Waals surface area contributed by atoms with Crippen LogP contribution in [-0.4, -0.2) is 77.6 Å². The molecule has 0 amide bonds. The standard InChI is InChI=1S/C33H30ClF6N3O7S/c1-2-48-31(45)50-20-49-30(44)19-41-13-14-42-23(17-41)18-43(51(46,47)24-6-3-5-22(16-24)32(35,36)37)29-15-21(10-12-28(29)42)9-11-25-26(33(38,39)40)7-4-8-27(25)34/h3-12,15-16,23H,2,13-14,17-20H2,1H3/b11-9+/t23-/m0/s1. The average molecular weight is 762 g/mol. The lowest BCUT2D eigenvalue weighted by Gasteiger charge is -2.49. The second-order valence-electron chi connectivity index (χ2n) is 11.4. The first-order chi connectivity index (χ1) is 24.0. The van der Waals surface area contributed by atoms with Crippen LogP contribution >= 0.6 is 11.6 Å². The number of benzene rings is 3. The summed E-state index contributed by atoms with van der Waals surface area (Å²) in [5.74, 6) is -0.735. The van der Waals surface area contributed by atoms with Crippen molar-refractivity contribution in [2.24, 2.45) is 0 Å². The number of halogens is 7. The van der Waals surface area contributed by atoms with E-state index < -0.39 is 63.4 Å². The van der Waals surface area contributed by atoms with E-state index in [1.54, 1.807) is 24.0 Å². The van der Waals surface area contributed by atoms with Gasteiger partial charge in [0.25, 0.3) is 10.0 Å². The van der Waals surface area contributed by atoms with Crippen molar-refractivity contribution < 1.29 is 58.6 Å². The lowest BCUT2D eigenvalue weighted by Crippen LogP contribution is -2.61. The highest BCUT2D eigenvalue weighted by atomic mass is 35.5. The van der Waals surface area contributed by atoms with Gasteiger partial charge in [0.05, 0.1) is 53.1 Å². The van der Waals surface area contributed by atoms with Gasteiger partial charge in [0, 0.05) is 30.2 Å². The monoisotopic (exact) mass is 761 g/mol. The Morgan fingerprint density at radius 2 is 1.63 bits per heavy atom. The van der Waals surface area contributed by atoms with E-state index in [0.717, 1.165) is 40.7 Å². The Morgan fingerprint density at radius 1 is 0.882 bits per heavy atom. The fourth-order valence-corrected chi connectivity index (χ4v) is 7.56. The largest absolute Gasteiger partial charge is 0.511 e. The third-order valence-electron chi connectivity index (χ3n) is 8.08. The number of nitrogens with zero attached hydrogens (tertiary/aromatic N) is 3. The van der Waals surface area contributed by atoms with Crippen LogP contribution in [0.15, 0.2) is 65.6 Å². The fourth-order valence-electron chi connectivity index (χ4n) is 5.77. The number of ether oxygens (including phenoxy) is 3. The molecule has 0 N–H and O–H groups in total. The molecule has 0 spiro atoms. The summed E-state index contributed by atoms with van der Waals surface area (Å²) in [6.45, 7) is 1.21. The third-order valence-corrected chi connectivity index (χ3v) is 10.2. The molecule has 0 aliphatic carbocycles. The van der Waals surface area contributed by atoms with Crippen LogP contribution in [0, 0.1) is 0 Å². The molecule has 3 aromatic carbocycles. The summed E-state index contributed by atoms with van der Waals surface area (Å²) < 4.78 is 125. The normalized spacial score (nSPS) is 16.8. The van der Waals surface area contributed by atoms with Crippen molar-refractivity contribution >= 4 is 57.3 Å². The van der Waals surface area contributed by atoms with Crippen LogP contribution in [0.1, 0.15) is 29.2 Å². The zero-order valence-electron chi connectivity index (χ0n) is 26.7. The van der Waals surface area contributed by atoms with Crippen molar-refractivity contribution in [2.45, 2.75) is 30.2 Å². The summed E-state index contributed by atoms with van der Waals surface area (Å²) in [5, 5.41) is -0.163. The van der Waals surface area contributed by atoms with Gasteiger partial charge < -0.3 is 19.1 Å². The number of carbonyl (C=O) groups excluding carboxylic acids is 2. The molecule has 3 aromatic rings. The number of rotatable bonds is 9. The van der Waals surface area contributed by atoms with Crippen LogP contribution in [0.5, 0.6) is 0 Å². The number of piperazine rings is 1. The fraction of sp³-hybridized carbons (Fsp3) is 0.333. The molecule has 0 aromatic heterocycles. The highest BCUT2D eigenvalue weighted by Crippen LogP contribution is 2.42. The van der Waals surface area contributed by atoms with Crippen molar-refractivity contribution in [1.82, 2.24) is 4.90 Å². The molecule has 0 bridgehead atoms. The van der Waals surface area contributed by atoms with Crippen LogP contribution in [0.25, 0.3) is 12.2 Å². The molecule has 0 saturated carbocycles. The molecule has 2 aliphatic heterocycles. The van der Waals surface area contributed by atoms with Gasteiger partial charge in [-0.15, -0.1) is 0 Å². The van der Waals surface area contributed by atoms with E-state index in [0.29, 0.717) is 24.8 Å². The van der Waals surface area contributed by atoms with E-state index in [4.69, 9.17) is 16.3 Å². The average Bonchev–Trinajstić information content (AvgIpc) is 3.06. The number of esters is 1. The maximum absolute atomic E-state index is 14.1. The lowest BCUT2D eigenvalue weighted by atomic mass is 10.0. The van der Waals surface area contributed by atoms with Gasteiger partial charge in [0.1, 0.15) is 0 Å². The minimum atomic E-state index is -4.83. The second-order valence-corrected chi connectivity index (χ2v) is 13.7. The lowest BCUT2D eigenvalue weighted by molar-refractivity contribution is -0.154. The van der Waals surface area contributed by atoms with Crippen molar-refractivity contribution in [3.8, 4) is 0 Å². The van der Waals surface area contributed by atoms with E-state index in [-0.39, 0.29) is 48.1 Å². The molecule has 1 saturated heterocycles. The molecule has 0 unspecified atom stereocenters. The summed E-state index contributed by atoms with van der Waals surface area (Å²) >= 11 is 6.10. The van der Waals surface area contributed by atoms with Crippen LogP contribution in [0.4, 0.5) is 42.5 Å². The maximum Gasteiger partial charge on any atom is 0.511 e. The van der Waals surface area contributed by atoms with Crippen LogP contribution < -0.4 is 9.21 Å². The number of carbonyl (C=O) groups is 2. The highest BCUT2D eigenvalue weighted by molar-refractivity contribution is 7.92. The molecule has 18 heteroatoms. The Labute approximate surface area is 293 Å². The van der Waals surface area contributed by atoms with Crippen molar-refractivity contribution in [3.63, 3.8) is 0 Å². The number of hydrogen-bond donors (Lipinski definition) is 0. The molecule has 1 atom stereocenters. The molecule has 5 rings (SSSR count). The van der Waals surface area contributed by atoms with Gasteiger partial charge in [-0.1, -0.05) is 42.0 Å². The summed E-state index contributed by atoms with van der Waals surface area (Å²) in [4.78, 5) is 26.7. The number of fused-ring (bicyclic) bond motifs is 3. The van der Waals surface area contributed by atoms with Crippen molar-refractivity contribution in [1.29, 1.82) is 0 Å². The first kappa shape index (κ1) is 37.8. The third kappa shape index (κ3) is 8.70.